The van der Waals surface area contributed by atoms with Gasteiger partial charge in [-0.1, -0.05) is 18.5 Å². The number of hydrogen-bond acceptors (Lipinski definition) is 5. The van der Waals surface area contributed by atoms with Gasteiger partial charge in [0, 0.05) is 12.0 Å². The molecule has 1 rings (SSSR count). The maximum absolute atomic E-state index is 5.72. The van der Waals surface area contributed by atoms with E-state index >= 15 is 0 Å². The van der Waals surface area contributed by atoms with Gasteiger partial charge in [-0.3, -0.25) is 0 Å². The topological polar surface area (TPSA) is 68.2 Å². The summed E-state index contributed by atoms with van der Waals surface area (Å²) in [5.74, 6) is 1.81. The van der Waals surface area contributed by atoms with Crippen LogP contribution in [0.1, 0.15) is 50.7 Å². The summed E-state index contributed by atoms with van der Waals surface area (Å²) in [6.07, 6.45) is 3.19. The summed E-state index contributed by atoms with van der Waals surface area (Å²) in [7, 11) is 3.98. The molecule has 5 nitrogen and oxygen atoms in total. The third kappa shape index (κ3) is 5.28. The van der Waals surface area contributed by atoms with Gasteiger partial charge in [0.2, 0.25) is 5.89 Å². The van der Waals surface area contributed by atoms with Gasteiger partial charge in [0.1, 0.15) is 0 Å². The molecule has 98 valence electrons. The largest absolute Gasteiger partial charge is 0.339 e. The Kier molecular flexibility index (Phi) is 5.58. The minimum Gasteiger partial charge on any atom is -0.339 e. The number of rotatable bonds is 7. The van der Waals surface area contributed by atoms with Gasteiger partial charge in [0.05, 0.1) is 6.54 Å². The summed E-state index contributed by atoms with van der Waals surface area (Å²) >= 11 is 0. The molecule has 0 saturated heterocycles. The number of hydrogen-bond donors (Lipinski definition) is 1. The van der Waals surface area contributed by atoms with E-state index in [0.29, 0.717) is 5.92 Å². The van der Waals surface area contributed by atoms with Crippen LogP contribution in [0.15, 0.2) is 4.52 Å². The van der Waals surface area contributed by atoms with Gasteiger partial charge in [-0.2, -0.15) is 4.98 Å². The molecule has 2 atom stereocenters. The molecule has 1 heterocycles. The fourth-order valence-electron chi connectivity index (χ4n) is 1.68. The van der Waals surface area contributed by atoms with Crippen LogP contribution in [-0.4, -0.2) is 35.2 Å². The van der Waals surface area contributed by atoms with Gasteiger partial charge in [-0.15, -0.1) is 0 Å². The highest BCUT2D eigenvalue weighted by Gasteiger charge is 2.14. The van der Waals surface area contributed by atoms with E-state index in [1.165, 1.54) is 0 Å². The summed E-state index contributed by atoms with van der Waals surface area (Å²) in [6.45, 7) is 4.87. The van der Waals surface area contributed by atoms with Crippen LogP contribution < -0.4 is 5.73 Å². The van der Waals surface area contributed by atoms with Crippen LogP contribution in [0.25, 0.3) is 0 Å². The molecule has 2 N–H and O–H groups in total. The van der Waals surface area contributed by atoms with Crippen LogP contribution in [0.2, 0.25) is 0 Å². The van der Waals surface area contributed by atoms with E-state index in [1.54, 1.807) is 0 Å². The third-order valence-corrected chi connectivity index (χ3v) is 2.66. The van der Waals surface area contributed by atoms with E-state index in [9.17, 15) is 0 Å². The Morgan fingerprint density at radius 1 is 1.29 bits per heavy atom. The molecule has 0 bridgehead atoms. The first kappa shape index (κ1) is 14.1. The highest BCUT2D eigenvalue weighted by molar-refractivity contribution is 4.92. The van der Waals surface area contributed by atoms with E-state index in [1.807, 2.05) is 25.9 Å². The Balaban J connectivity index is 2.40. The fourth-order valence-corrected chi connectivity index (χ4v) is 1.68. The highest BCUT2D eigenvalue weighted by atomic mass is 16.5. The van der Waals surface area contributed by atoms with Crippen LogP contribution in [0.4, 0.5) is 0 Å². The van der Waals surface area contributed by atoms with Crippen molar-refractivity contribution in [2.75, 3.05) is 14.1 Å². The molecular formula is C12H24N4O. The van der Waals surface area contributed by atoms with Crippen LogP contribution in [0.5, 0.6) is 0 Å². The average Bonchev–Trinajstić information content (AvgIpc) is 2.64. The van der Waals surface area contributed by atoms with Gasteiger partial charge in [0.25, 0.3) is 0 Å². The number of nitrogens with zero attached hydrogens (tertiary/aromatic N) is 3. The molecule has 0 amide bonds. The van der Waals surface area contributed by atoms with Crippen molar-refractivity contribution in [2.24, 2.45) is 5.73 Å². The second kappa shape index (κ2) is 6.71. The average molecular weight is 240 g/mol. The molecule has 17 heavy (non-hydrogen) atoms. The second-order valence-electron chi connectivity index (χ2n) is 5.10. The lowest BCUT2D eigenvalue weighted by Crippen LogP contribution is -2.14. The lowest BCUT2D eigenvalue weighted by Gasteiger charge is -2.08. The maximum atomic E-state index is 5.72. The van der Waals surface area contributed by atoms with Crippen LogP contribution >= 0.6 is 0 Å². The predicted molar refractivity (Wildman–Crippen MR) is 67.6 cm³/mol. The smallest absolute Gasteiger partial charge is 0.229 e. The Morgan fingerprint density at radius 2 is 2.00 bits per heavy atom. The quantitative estimate of drug-likeness (QED) is 0.786. The molecule has 0 fully saturated rings. The Labute approximate surface area is 103 Å². The summed E-state index contributed by atoms with van der Waals surface area (Å²) in [4.78, 5) is 6.42. The van der Waals surface area contributed by atoms with Crippen molar-refractivity contribution in [3.63, 3.8) is 0 Å². The molecule has 0 aliphatic carbocycles. The van der Waals surface area contributed by atoms with E-state index in [-0.39, 0.29) is 6.04 Å². The SMILES string of the molecule is CC(N)CCCC(C)c1nc(CN(C)C)no1. The van der Waals surface area contributed by atoms with Gasteiger partial charge in [0.15, 0.2) is 5.82 Å². The first-order valence-electron chi connectivity index (χ1n) is 6.21. The summed E-state index contributed by atoms with van der Waals surface area (Å²) < 4.78 is 5.27. The molecule has 2 unspecified atom stereocenters. The summed E-state index contributed by atoms with van der Waals surface area (Å²) in [5, 5.41) is 3.97. The Bertz CT molecular complexity index is 322. The van der Waals surface area contributed by atoms with Crippen molar-refractivity contribution in [1.82, 2.24) is 15.0 Å². The van der Waals surface area contributed by atoms with Crippen molar-refractivity contribution in [1.29, 1.82) is 0 Å². The molecule has 0 aliphatic rings. The zero-order valence-corrected chi connectivity index (χ0v) is 11.3. The predicted octanol–water partition coefficient (Wildman–Crippen LogP) is 1.75. The van der Waals surface area contributed by atoms with E-state index in [4.69, 9.17) is 10.3 Å². The van der Waals surface area contributed by atoms with Crippen molar-refractivity contribution in [3.8, 4) is 0 Å². The van der Waals surface area contributed by atoms with Gasteiger partial charge >= 0.3 is 0 Å². The van der Waals surface area contributed by atoms with Crippen LogP contribution in [0, 0.1) is 0 Å². The first-order valence-corrected chi connectivity index (χ1v) is 6.21. The molecule has 0 radical (unpaired) electrons. The minimum atomic E-state index is 0.272. The molecule has 0 aliphatic heterocycles. The lowest BCUT2D eigenvalue weighted by molar-refractivity contribution is 0.333. The van der Waals surface area contributed by atoms with Crippen LogP contribution in [0.3, 0.4) is 0 Å². The van der Waals surface area contributed by atoms with Crippen molar-refractivity contribution >= 4 is 0 Å². The lowest BCUT2D eigenvalue weighted by atomic mass is 10.0. The van der Waals surface area contributed by atoms with E-state index in [0.717, 1.165) is 37.5 Å². The number of aromatic nitrogens is 2. The van der Waals surface area contributed by atoms with Crippen LogP contribution in [-0.2, 0) is 6.54 Å². The van der Waals surface area contributed by atoms with E-state index in [2.05, 4.69) is 17.1 Å². The number of nitrogens with two attached hydrogens (primary N) is 1. The molecule has 0 aromatic carbocycles. The third-order valence-electron chi connectivity index (χ3n) is 2.66. The molecule has 5 heteroatoms. The molecule has 0 spiro atoms. The first-order chi connectivity index (χ1) is 7.99. The minimum absolute atomic E-state index is 0.272. The van der Waals surface area contributed by atoms with Crippen molar-refractivity contribution < 1.29 is 4.52 Å². The van der Waals surface area contributed by atoms with Gasteiger partial charge in [-0.05, 0) is 33.9 Å². The summed E-state index contributed by atoms with van der Waals surface area (Å²) in [6, 6.07) is 0.272. The monoisotopic (exact) mass is 240 g/mol. The molecular weight excluding hydrogens is 216 g/mol. The van der Waals surface area contributed by atoms with Crippen molar-refractivity contribution in [2.45, 2.75) is 51.6 Å². The highest BCUT2D eigenvalue weighted by Crippen LogP contribution is 2.20. The summed E-state index contributed by atoms with van der Waals surface area (Å²) in [5.41, 5.74) is 5.72. The maximum Gasteiger partial charge on any atom is 0.229 e. The Morgan fingerprint density at radius 3 is 2.59 bits per heavy atom. The molecule has 1 aromatic heterocycles. The van der Waals surface area contributed by atoms with E-state index < -0.39 is 0 Å². The zero-order valence-electron chi connectivity index (χ0n) is 11.3. The normalized spacial score (nSPS) is 15.2. The fraction of sp³-hybridized carbons (Fsp3) is 0.833. The van der Waals surface area contributed by atoms with Gasteiger partial charge < -0.3 is 15.2 Å². The standard InChI is InChI=1S/C12H24N4O/c1-9(6-5-7-10(2)13)12-14-11(15-17-12)8-16(3)4/h9-10H,5-8,13H2,1-4H3. The Hall–Kier alpha value is -0.940. The van der Waals surface area contributed by atoms with Gasteiger partial charge in [-0.25, -0.2) is 0 Å². The molecule has 1 aromatic rings. The molecule has 0 saturated carbocycles. The van der Waals surface area contributed by atoms with Crippen molar-refractivity contribution in [3.05, 3.63) is 11.7 Å². The second-order valence-corrected chi connectivity index (χ2v) is 5.10. The zero-order chi connectivity index (χ0) is 12.8.